The van der Waals surface area contributed by atoms with Gasteiger partial charge in [0.25, 0.3) is 0 Å². The first-order chi connectivity index (χ1) is 8.57. The average Bonchev–Trinajstić information content (AvgIpc) is 2.59. The van der Waals surface area contributed by atoms with Crippen LogP contribution in [0.2, 0.25) is 0 Å². The first-order valence-electron chi connectivity index (χ1n) is 4.75. The van der Waals surface area contributed by atoms with Crippen molar-refractivity contribution in [2.24, 2.45) is 7.05 Å². The van der Waals surface area contributed by atoms with Gasteiger partial charge in [-0.05, 0) is 0 Å². The molecular formula is C8H9ClF3N5O2. The topological polar surface area (TPSA) is 77.1 Å². The smallest absolute Gasteiger partial charge is 0.363 e. The fourth-order valence-electron chi connectivity index (χ4n) is 1.24. The van der Waals surface area contributed by atoms with Crippen LogP contribution in [0.3, 0.4) is 0 Å². The number of halogens is 4. The van der Waals surface area contributed by atoms with E-state index >= 15 is 0 Å². The van der Waals surface area contributed by atoms with Gasteiger partial charge in [0.15, 0.2) is 5.16 Å². The van der Waals surface area contributed by atoms with Gasteiger partial charge in [-0.25, -0.2) is 0 Å². The summed E-state index contributed by atoms with van der Waals surface area (Å²) in [4.78, 5) is 11.2. The van der Waals surface area contributed by atoms with Gasteiger partial charge in [-0.15, -0.1) is 10.2 Å². The zero-order valence-electron chi connectivity index (χ0n) is 10.1. The highest BCUT2D eigenvalue weighted by Gasteiger charge is 2.40. The first kappa shape index (κ1) is 15.2. The van der Waals surface area contributed by atoms with Gasteiger partial charge >= 0.3 is 11.9 Å². The maximum Gasteiger partial charge on any atom is 0.451 e. The van der Waals surface area contributed by atoms with Crippen LogP contribution in [-0.2, 0) is 13.2 Å². The third kappa shape index (κ3) is 2.95. The van der Waals surface area contributed by atoms with Gasteiger partial charge in [0.05, 0.1) is 4.92 Å². The summed E-state index contributed by atoms with van der Waals surface area (Å²) in [6.07, 6.45) is -4.76. The average molecular weight is 300 g/mol. The van der Waals surface area contributed by atoms with Crippen molar-refractivity contribution in [1.29, 1.82) is 0 Å². The number of rotatable bonds is 3. The summed E-state index contributed by atoms with van der Waals surface area (Å²) in [6.45, 7) is 0. The third-order valence-electron chi connectivity index (χ3n) is 2.11. The van der Waals surface area contributed by atoms with Crippen molar-refractivity contribution in [2.45, 2.75) is 6.18 Å². The van der Waals surface area contributed by atoms with Crippen LogP contribution in [0.4, 0.5) is 13.2 Å². The van der Waals surface area contributed by atoms with Crippen molar-refractivity contribution >= 4 is 17.3 Å². The predicted molar refractivity (Wildman–Crippen MR) is 59.5 cm³/mol. The normalized spacial score (nSPS) is 13.2. The van der Waals surface area contributed by atoms with Crippen molar-refractivity contribution in [1.82, 2.24) is 19.7 Å². The van der Waals surface area contributed by atoms with Crippen LogP contribution >= 0.6 is 11.6 Å². The summed E-state index contributed by atoms with van der Waals surface area (Å²) in [6, 6.07) is 0. The molecule has 0 aliphatic carbocycles. The number of alkyl halides is 3. The molecule has 0 aromatic carbocycles. The monoisotopic (exact) mass is 299 g/mol. The summed E-state index contributed by atoms with van der Waals surface area (Å²) in [5, 5.41) is 16.7. The van der Waals surface area contributed by atoms with E-state index in [-0.39, 0.29) is 5.16 Å². The van der Waals surface area contributed by atoms with Crippen LogP contribution in [0.1, 0.15) is 11.6 Å². The van der Waals surface area contributed by atoms with Crippen molar-refractivity contribution in [3.8, 4) is 0 Å². The molecule has 0 saturated heterocycles. The fraction of sp³-hybridized carbons (Fsp3) is 0.500. The van der Waals surface area contributed by atoms with Gasteiger partial charge in [-0.2, -0.15) is 13.2 Å². The quantitative estimate of drug-likeness (QED) is 0.480. The van der Waals surface area contributed by atoms with Gasteiger partial charge in [0, 0.05) is 21.1 Å². The molecule has 0 aliphatic heterocycles. The zero-order chi connectivity index (χ0) is 15.0. The van der Waals surface area contributed by atoms with E-state index in [1.54, 1.807) is 0 Å². The van der Waals surface area contributed by atoms with Gasteiger partial charge in [-0.1, -0.05) is 11.6 Å². The number of hydrogen-bond donors (Lipinski definition) is 0. The predicted octanol–water partition coefficient (Wildman–Crippen LogP) is 1.54. The molecule has 1 aromatic rings. The molecule has 106 valence electrons. The second-order valence-corrected chi connectivity index (χ2v) is 4.05. The Hall–Kier alpha value is -1.84. The van der Waals surface area contributed by atoms with Crippen molar-refractivity contribution < 1.29 is 18.1 Å². The molecule has 1 rings (SSSR count). The Kier molecular flexibility index (Phi) is 4.03. The standard InChI is InChI=1S/C8H9ClF3N5O2/c1-15(2)5(9)4(17(18)19)6-13-14-7(16(6)3)8(10,11)12/h1-3H3/b5-4-. The Morgan fingerprint density at radius 1 is 1.42 bits per heavy atom. The lowest BCUT2D eigenvalue weighted by Gasteiger charge is -2.11. The van der Waals surface area contributed by atoms with Crippen LogP contribution < -0.4 is 0 Å². The molecule has 7 nitrogen and oxygen atoms in total. The van der Waals surface area contributed by atoms with E-state index < -0.39 is 28.4 Å². The van der Waals surface area contributed by atoms with Crippen molar-refractivity contribution in [3.05, 3.63) is 26.9 Å². The second kappa shape index (κ2) is 5.03. The molecule has 0 unspecified atom stereocenters. The van der Waals surface area contributed by atoms with E-state index in [0.29, 0.717) is 4.57 Å². The van der Waals surface area contributed by atoms with E-state index in [4.69, 9.17) is 11.6 Å². The number of nitro groups is 1. The molecule has 11 heteroatoms. The molecule has 0 atom stereocenters. The second-order valence-electron chi connectivity index (χ2n) is 3.69. The molecule has 0 bridgehead atoms. The molecule has 1 heterocycles. The van der Waals surface area contributed by atoms with Crippen LogP contribution in [0.5, 0.6) is 0 Å². The van der Waals surface area contributed by atoms with Crippen molar-refractivity contribution in [2.75, 3.05) is 14.1 Å². The summed E-state index contributed by atoms with van der Waals surface area (Å²) in [5.41, 5.74) is -0.753. The molecule has 1 aromatic heterocycles. The van der Waals surface area contributed by atoms with Crippen LogP contribution in [0.25, 0.3) is 5.70 Å². The SMILES string of the molecule is CN(C)/C(Cl)=C(/c1nnc(C(F)(F)F)n1C)[N+](=O)[O-]. The summed E-state index contributed by atoms with van der Waals surface area (Å²) in [7, 11) is 3.79. The van der Waals surface area contributed by atoms with Gasteiger partial charge < -0.3 is 9.47 Å². The van der Waals surface area contributed by atoms with Gasteiger partial charge in [0.1, 0.15) is 0 Å². The van der Waals surface area contributed by atoms with Crippen LogP contribution in [-0.4, -0.2) is 38.7 Å². The van der Waals surface area contributed by atoms with E-state index in [2.05, 4.69) is 10.2 Å². The maximum atomic E-state index is 12.5. The highest BCUT2D eigenvalue weighted by Crippen LogP contribution is 2.30. The zero-order valence-corrected chi connectivity index (χ0v) is 10.8. The molecule has 19 heavy (non-hydrogen) atoms. The third-order valence-corrected chi connectivity index (χ3v) is 2.63. The van der Waals surface area contributed by atoms with E-state index in [1.165, 1.54) is 19.0 Å². The minimum absolute atomic E-state index is 0.353. The lowest BCUT2D eigenvalue weighted by Crippen LogP contribution is -2.17. The van der Waals surface area contributed by atoms with Crippen molar-refractivity contribution in [3.63, 3.8) is 0 Å². The molecule has 0 spiro atoms. The molecule has 0 N–H and O–H groups in total. The Morgan fingerprint density at radius 2 is 1.95 bits per heavy atom. The van der Waals surface area contributed by atoms with E-state index in [1.807, 2.05) is 0 Å². The highest BCUT2D eigenvalue weighted by atomic mass is 35.5. The molecule has 0 radical (unpaired) electrons. The molecule has 0 saturated carbocycles. The highest BCUT2D eigenvalue weighted by molar-refractivity contribution is 6.31. The Labute approximate surface area is 110 Å². The Morgan fingerprint density at radius 3 is 2.26 bits per heavy atom. The lowest BCUT2D eigenvalue weighted by atomic mass is 10.4. The summed E-state index contributed by atoms with van der Waals surface area (Å²) < 4.78 is 38.1. The Balaban J connectivity index is 3.48. The largest absolute Gasteiger partial charge is 0.451 e. The minimum Gasteiger partial charge on any atom is -0.363 e. The summed E-state index contributed by atoms with van der Waals surface area (Å²) in [5.74, 6) is -1.92. The van der Waals surface area contributed by atoms with E-state index in [0.717, 1.165) is 7.05 Å². The summed E-state index contributed by atoms with van der Waals surface area (Å²) >= 11 is 5.71. The molecule has 0 amide bonds. The number of hydrogen-bond acceptors (Lipinski definition) is 5. The fourth-order valence-corrected chi connectivity index (χ4v) is 1.40. The molecule has 0 fully saturated rings. The maximum absolute atomic E-state index is 12.5. The molecule has 0 aliphatic rings. The first-order valence-corrected chi connectivity index (χ1v) is 5.13. The number of aromatic nitrogens is 3. The number of nitrogens with zero attached hydrogens (tertiary/aromatic N) is 5. The van der Waals surface area contributed by atoms with Gasteiger partial charge in [0.2, 0.25) is 11.6 Å². The van der Waals surface area contributed by atoms with Crippen LogP contribution in [0.15, 0.2) is 5.16 Å². The van der Waals surface area contributed by atoms with E-state index in [9.17, 15) is 23.3 Å². The Bertz CT molecular complexity index is 537. The van der Waals surface area contributed by atoms with Crippen LogP contribution in [0, 0.1) is 10.1 Å². The molecular weight excluding hydrogens is 291 g/mol. The minimum atomic E-state index is -4.76. The van der Waals surface area contributed by atoms with Gasteiger partial charge in [-0.3, -0.25) is 10.1 Å². The lowest BCUT2D eigenvalue weighted by molar-refractivity contribution is -0.377.